The molecule has 27 heavy (non-hydrogen) atoms. The molecule has 2 aromatic carbocycles. The molecule has 0 aliphatic carbocycles. The number of aliphatic hydroxyl groups excluding tert-OH is 1. The molecule has 1 atom stereocenters. The van der Waals surface area contributed by atoms with Gasteiger partial charge in [-0.2, -0.15) is 13.2 Å². The summed E-state index contributed by atoms with van der Waals surface area (Å²) in [6.45, 7) is 1.50. The molecule has 1 unspecified atom stereocenters. The Labute approximate surface area is 155 Å². The maximum atomic E-state index is 12.6. The number of hydrogen-bond acceptors (Lipinski definition) is 3. The average Bonchev–Trinajstić information content (AvgIpc) is 2.65. The maximum absolute atomic E-state index is 12.6. The molecule has 2 aromatic rings. The van der Waals surface area contributed by atoms with Crippen LogP contribution in [0.15, 0.2) is 42.5 Å². The van der Waals surface area contributed by atoms with Gasteiger partial charge in [0.2, 0.25) is 0 Å². The van der Waals surface area contributed by atoms with Crippen molar-refractivity contribution >= 4 is 18.1 Å². The van der Waals surface area contributed by atoms with E-state index in [-0.39, 0.29) is 18.6 Å². The zero-order valence-corrected chi connectivity index (χ0v) is 14.9. The van der Waals surface area contributed by atoms with Crippen molar-refractivity contribution in [3.05, 3.63) is 64.7 Å². The van der Waals surface area contributed by atoms with Gasteiger partial charge in [0.15, 0.2) is 0 Å². The summed E-state index contributed by atoms with van der Waals surface area (Å²) in [5.74, 6) is 0.174. The van der Waals surface area contributed by atoms with Crippen LogP contribution in [0.4, 0.5) is 13.2 Å². The molecule has 0 aliphatic heterocycles. The summed E-state index contributed by atoms with van der Waals surface area (Å²) in [6, 6.07) is 9.20. The first-order valence-electron chi connectivity index (χ1n) is 8.19. The van der Waals surface area contributed by atoms with Gasteiger partial charge in [-0.1, -0.05) is 24.3 Å². The first-order valence-corrected chi connectivity index (χ1v) is 8.19. The number of carbonyl (C=O) groups is 1. The van der Waals surface area contributed by atoms with Gasteiger partial charge in [-0.15, -0.1) is 0 Å². The molecule has 0 fully saturated rings. The first kappa shape index (κ1) is 20.5. The van der Waals surface area contributed by atoms with Crippen molar-refractivity contribution in [2.24, 2.45) is 0 Å². The summed E-state index contributed by atoms with van der Waals surface area (Å²) in [6.07, 6.45) is -1.08. The highest BCUT2D eigenvalue weighted by Gasteiger charge is 2.29. The summed E-state index contributed by atoms with van der Waals surface area (Å²) in [5, 5.41) is 11.7. The smallest absolute Gasteiger partial charge is 0.416 e. The molecular formula is C20H20F3NO3. The van der Waals surface area contributed by atoms with Gasteiger partial charge in [0.05, 0.1) is 19.3 Å². The van der Waals surface area contributed by atoms with Crippen molar-refractivity contribution in [1.82, 2.24) is 5.32 Å². The van der Waals surface area contributed by atoms with Crippen molar-refractivity contribution in [3.63, 3.8) is 0 Å². The molecule has 0 radical (unpaired) electrons. The Morgan fingerprint density at radius 1 is 1.19 bits per heavy atom. The molecular weight excluding hydrogens is 359 g/mol. The van der Waals surface area contributed by atoms with Crippen LogP contribution in [-0.4, -0.2) is 30.8 Å². The van der Waals surface area contributed by atoms with Crippen LogP contribution < -0.4 is 10.1 Å². The van der Waals surface area contributed by atoms with E-state index in [1.54, 1.807) is 37.3 Å². The molecule has 2 N–H and O–H groups in total. The van der Waals surface area contributed by atoms with Crippen molar-refractivity contribution in [2.75, 3.05) is 13.7 Å². The van der Waals surface area contributed by atoms with Crippen LogP contribution in [0, 0.1) is 0 Å². The minimum atomic E-state index is -4.38. The molecule has 0 saturated carbocycles. The van der Waals surface area contributed by atoms with Crippen LogP contribution >= 0.6 is 0 Å². The molecule has 2 rings (SSSR count). The lowest BCUT2D eigenvalue weighted by Crippen LogP contribution is -2.34. The zero-order chi connectivity index (χ0) is 20.0. The number of halogens is 3. The van der Waals surface area contributed by atoms with Gasteiger partial charge in [0.25, 0.3) is 5.91 Å². The minimum absolute atomic E-state index is 0.178. The quantitative estimate of drug-likeness (QED) is 0.746. The molecule has 0 saturated heterocycles. The van der Waals surface area contributed by atoms with Crippen molar-refractivity contribution in [3.8, 4) is 5.75 Å². The summed E-state index contributed by atoms with van der Waals surface area (Å²) < 4.78 is 43.1. The van der Waals surface area contributed by atoms with E-state index in [9.17, 15) is 18.0 Å². The van der Waals surface area contributed by atoms with Crippen LogP contribution in [0.25, 0.3) is 12.2 Å². The Balaban J connectivity index is 2.24. The van der Waals surface area contributed by atoms with Gasteiger partial charge in [-0.25, -0.2) is 0 Å². The predicted molar refractivity (Wildman–Crippen MR) is 97.4 cm³/mol. The standard InChI is InChI=1S/C20H20F3NO3/c1-13(12-25)24-19(26)16-7-10-18(27-2)15(11-16)6-3-14-4-8-17(9-5-14)20(21,22)23/h3-11,13,25H,12H2,1-2H3,(H,24,26)/b6-3+. The summed E-state index contributed by atoms with van der Waals surface area (Å²) in [7, 11) is 1.48. The van der Waals surface area contributed by atoms with Gasteiger partial charge in [-0.3, -0.25) is 4.79 Å². The highest BCUT2D eigenvalue weighted by molar-refractivity contribution is 5.95. The average molecular weight is 379 g/mol. The fourth-order valence-corrected chi connectivity index (χ4v) is 2.33. The number of methoxy groups -OCH3 is 1. The number of alkyl halides is 3. The number of aliphatic hydroxyl groups is 1. The molecule has 0 spiro atoms. The summed E-state index contributed by atoms with van der Waals surface area (Å²) in [5.41, 5.74) is 0.840. The van der Waals surface area contributed by atoms with E-state index in [0.717, 1.165) is 12.1 Å². The second-order valence-electron chi connectivity index (χ2n) is 5.97. The van der Waals surface area contributed by atoms with Crippen LogP contribution in [0.1, 0.15) is 34.0 Å². The van der Waals surface area contributed by atoms with Gasteiger partial charge in [0, 0.05) is 17.2 Å². The van der Waals surface area contributed by atoms with Gasteiger partial charge in [-0.05, 0) is 42.8 Å². The molecule has 0 heterocycles. The number of amides is 1. The van der Waals surface area contributed by atoms with Crippen molar-refractivity contribution < 1.29 is 27.8 Å². The predicted octanol–water partition coefficient (Wildman–Crippen LogP) is 4.00. The molecule has 144 valence electrons. The largest absolute Gasteiger partial charge is 0.496 e. The molecule has 7 heteroatoms. The van der Waals surface area contributed by atoms with E-state index in [2.05, 4.69) is 5.32 Å². The Morgan fingerprint density at radius 2 is 1.85 bits per heavy atom. The number of rotatable bonds is 6. The highest BCUT2D eigenvalue weighted by atomic mass is 19.4. The summed E-state index contributed by atoms with van der Waals surface area (Å²) in [4.78, 5) is 12.2. The highest BCUT2D eigenvalue weighted by Crippen LogP contribution is 2.29. The number of benzene rings is 2. The fourth-order valence-electron chi connectivity index (χ4n) is 2.33. The van der Waals surface area contributed by atoms with Crippen molar-refractivity contribution in [1.29, 1.82) is 0 Å². The SMILES string of the molecule is COc1ccc(C(=O)NC(C)CO)cc1/C=C/c1ccc(C(F)(F)F)cc1. The Morgan fingerprint density at radius 3 is 2.41 bits per heavy atom. The van der Waals surface area contributed by atoms with Gasteiger partial charge < -0.3 is 15.2 Å². The van der Waals surface area contributed by atoms with E-state index in [0.29, 0.717) is 22.4 Å². The van der Waals surface area contributed by atoms with E-state index in [4.69, 9.17) is 9.84 Å². The second kappa shape index (κ2) is 8.73. The number of nitrogens with one attached hydrogen (secondary N) is 1. The van der Waals surface area contributed by atoms with Crippen molar-refractivity contribution in [2.45, 2.75) is 19.1 Å². The molecule has 1 amide bonds. The topological polar surface area (TPSA) is 58.6 Å². The van der Waals surface area contributed by atoms with Crippen LogP contribution in [0.2, 0.25) is 0 Å². The third kappa shape index (κ3) is 5.59. The van der Waals surface area contributed by atoms with Gasteiger partial charge >= 0.3 is 6.18 Å². The fraction of sp³-hybridized carbons (Fsp3) is 0.250. The zero-order valence-electron chi connectivity index (χ0n) is 14.9. The Bertz CT molecular complexity index is 814. The van der Waals surface area contributed by atoms with Crippen LogP contribution in [-0.2, 0) is 6.18 Å². The maximum Gasteiger partial charge on any atom is 0.416 e. The van der Waals surface area contributed by atoms with Crippen LogP contribution in [0.3, 0.4) is 0 Å². The normalized spacial score (nSPS) is 12.8. The lowest BCUT2D eigenvalue weighted by atomic mass is 10.1. The molecule has 4 nitrogen and oxygen atoms in total. The lowest BCUT2D eigenvalue weighted by Gasteiger charge is -2.12. The monoisotopic (exact) mass is 379 g/mol. The third-order valence-electron chi connectivity index (χ3n) is 3.84. The molecule has 0 aromatic heterocycles. The van der Waals surface area contributed by atoms with Crippen LogP contribution in [0.5, 0.6) is 5.75 Å². The minimum Gasteiger partial charge on any atom is -0.496 e. The molecule has 0 bridgehead atoms. The van der Waals surface area contributed by atoms with E-state index < -0.39 is 11.7 Å². The number of ether oxygens (including phenoxy) is 1. The summed E-state index contributed by atoms with van der Waals surface area (Å²) >= 11 is 0. The Kier molecular flexibility index (Phi) is 6.63. The first-order chi connectivity index (χ1) is 12.7. The lowest BCUT2D eigenvalue weighted by molar-refractivity contribution is -0.137. The number of carbonyl (C=O) groups excluding carboxylic acids is 1. The van der Waals surface area contributed by atoms with Gasteiger partial charge in [0.1, 0.15) is 5.75 Å². The van der Waals surface area contributed by atoms with E-state index in [1.807, 2.05) is 0 Å². The Hall–Kier alpha value is -2.80. The number of hydrogen-bond donors (Lipinski definition) is 2. The second-order valence-corrected chi connectivity index (χ2v) is 5.97. The van der Waals surface area contributed by atoms with E-state index in [1.165, 1.54) is 19.2 Å². The van der Waals surface area contributed by atoms with E-state index >= 15 is 0 Å². The molecule has 0 aliphatic rings. The third-order valence-corrected chi connectivity index (χ3v) is 3.84.